The average molecular weight is 329 g/mol. The van der Waals surface area contributed by atoms with E-state index in [4.69, 9.17) is 0 Å². The number of aromatic nitrogens is 2. The predicted molar refractivity (Wildman–Crippen MR) is 83.1 cm³/mol. The maximum Gasteiger partial charge on any atom is 0.263 e. The first kappa shape index (κ1) is 13.1. The molecular weight excluding hydrogens is 316 g/mol. The normalized spacial score (nSPS) is 10.9. The molecule has 0 radical (unpaired) electrons. The van der Waals surface area contributed by atoms with Crippen molar-refractivity contribution >= 4 is 32.9 Å². The molecule has 100 valence electrons. The molecule has 3 rings (SSSR count). The maximum absolute atomic E-state index is 12.5. The van der Waals surface area contributed by atoms with Crippen molar-refractivity contribution in [2.24, 2.45) is 0 Å². The summed E-state index contributed by atoms with van der Waals surface area (Å²) in [5.41, 5.74) is 4.67. The summed E-state index contributed by atoms with van der Waals surface area (Å²) in [6, 6.07) is 11.4. The van der Waals surface area contributed by atoms with E-state index in [2.05, 4.69) is 20.9 Å². The van der Waals surface area contributed by atoms with Gasteiger partial charge < -0.3 is 0 Å². The van der Waals surface area contributed by atoms with Crippen LogP contribution in [0.25, 0.3) is 11.0 Å². The Morgan fingerprint density at radius 1 is 1.10 bits per heavy atom. The van der Waals surface area contributed by atoms with E-state index in [1.54, 1.807) is 23.0 Å². The summed E-state index contributed by atoms with van der Waals surface area (Å²) in [6.45, 7) is 4.08. The van der Waals surface area contributed by atoms with Gasteiger partial charge in [-0.15, -0.1) is 0 Å². The maximum atomic E-state index is 12.5. The zero-order valence-corrected chi connectivity index (χ0v) is 12.8. The number of nitrogens with zero attached hydrogens (tertiary/aromatic N) is 2. The van der Waals surface area contributed by atoms with E-state index in [9.17, 15) is 4.79 Å². The topological polar surface area (TPSA) is 34.9 Å². The van der Waals surface area contributed by atoms with E-state index in [-0.39, 0.29) is 5.91 Å². The standard InChI is InChI=1S/C16H13BrN2O/c1-10-7-14-15(8-11(10)2)19(9-18-14)16(20)12-3-5-13(17)6-4-12/h3-9H,1-2H3. The molecule has 0 bridgehead atoms. The molecule has 1 aromatic heterocycles. The molecule has 0 atom stereocenters. The molecule has 0 aliphatic carbocycles. The Hall–Kier alpha value is -1.94. The average Bonchev–Trinajstić information content (AvgIpc) is 2.82. The van der Waals surface area contributed by atoms with Gasteiger partial charge in [-0.05, 0) is 61.4 Å². The highest BCUT2D eigenvalue weighted by molar-refractivity contribution is 9.10. The third kappa shape index (κ3) is 2.16. The summed E-state index contributed by atoms with van der Waals surface area (Å²) in [6.07, 6.45) is 1.59. The predicted octanol–water partition coefficient (Wildman–Crippen LogP) is 4.10. The first-order valence-electron chi connectivity index (χ1n) is 6.31. The van der Waals surface area contributed by atoms with Gasteiger partial charge in [-0.3, -0.25) is 9.36 Å². The number of hydrogen-bond acceptors (Lipinski definition) is 2. The lowest BCUT2D eigenvalue weighted by Crippen LogP contribution is -2.10. The molecule has 0 spiro atoms. The van der Waals surface area contributed by atoms with Gasteiger partial charge >= 0.3 is 0 Å². The highest BCUT2D eigenvalue weighted by Crippen LogP contribution is 2.20. The Labute approximate surface area is 125 Å². The zero-order valence-electron chi connectivity index (χ0n) is 11.2. The molecule has 0 N–H and O–H groups in total. The molecule has 1 heterocycles. The Morgan fingerprint density at radius 3 is 2.45 bits per heavy atom. The first-order valence-corrected chi connectivity index (χ1v) is 7.10. The van der Waals surface area contributed by atoms with Gasteiger partial charge in [0.2, 0.25) is 0 Å². The van der Waals surface area contributed by atoms with E-state index < -0.39 is 0 Å². The molecule has 0 aliphatic heterocycles. The van der Waals surface area contributed by atoms with Gasteiger partial charge in [0.1, 0.15) is 6.33 Å². The summed E-state index contributed by atoms with van der Waals surface area (Å²) in [4.78, 5) is 16.9. The number of carbonyl (C=O) groups is 1. The van der Waals surface area contributed by atoms with E-state index in [0.717, 1.165) is 21.1 Å². The van der Waals surface area contributed by atoms with Gasteiger partial charge in [-0.1, -0.05) is 15.9 Å². The monoisotopic (exact) mass is 328 g/mol. The fourth-order valence-corrected chi connectivity index (χ4v) is 2.42. The lowest BCUT2D eigenvalue weighted by molar-refractivity contribution is 0.0964. The number of hydrogen-bond donors (Lipinski definition) is 0. The molecule has 0 aliphatic rings. The Balaban J connectivity index is 2.12. The number of halogens is 1. The van der Waals surface area contributed by atoms with Crippen LogP contribution in [0.4, 0.5) is 0 Å². The minimum absolute atomic E-state index is 0.0664. The van der Waals surface area contributed by atoms with Gasteiger partial charge in [-0.25, -0.2) is 4.98 Å². The molecule has 20 heavy (non-hydrogen) atoms. The van der Waals surface area contributed by atoms with Crippen LogP contribution in [-0.2, 0) is 0 Å². The van der Waals surface area contributed by atoms with Crippen LogP contribution < -0.4 is 0 Å². The summed E-state index contributed by atoms with van der Waals surface area (Å²) in [5, 5.41) is 0. The van der Waals surface area contributed by atoms with E-state index in [1.807, 2.05) is 38.1 Å². The number of benzene rings is 2. The second-order valence-corrected chi connectivity index (χ2v) is 5.77. The summed E-state index contributed by atoms with van der Waals surface area (Å²) >= 11 is 3.37. The van der Waals surface area contributed by atoms with Crippen molar-refractivity contribution in [1.29, 1.82) is 0 Å². The fraction of sp³-hybridized carbons (Fsp3) is 0.125. The van der Waals surface area contributed by atoms with Gasteiger partial charge in [0.05, 0.1) is 11.0 Å². The highest BCUT2D eigenvalue weighted by Gasteiger charge is 2.13. The fourth-order valence-electron chi connectivity index (χ4n) is 2.16. The third-order valence-corrected chi connectivity index (χ3v) is 4.00. The van der Waals surface area contributed by atoms with E-state index >= 15 is 0 Å². The quantitative estimate of drug-likeness (QED) is 0.674. The van der Waals surface area contributed by atoms with Crippen LogP contribution in [0.2, 0.25) is 0 Å². The minimum Gasteiger partial charge on any atom is -0.268 e. The lowest BCUT2D eigenvalue weighted by Gasteiger charge is -2.05. The Morgan fingerprint density at radius 2 is 1.75 bits per heavy atom. The summed E-state index contributed by atoms with van der Waals surface area (Å²) in [7, 11) is 0. The molecule has 0 saturated carbocycles. The van der Waals surface area contributed by atoms with Crippen LogP contribution >= 0.6 is 15.9 Å². The molecule has 3 aromatic rings. The zero-order chi connectivity index (χ0) is 14.3. The third-order valence-electron chi connectivity index (χ3n) is 3.47. The largest absolute Gasteiger partial charge is 0.268 e. The summed E-state index contributed by atoms with van der Waals surface area (Å²) < 4.78 is 2.56. The van der Waals surface area contributed by atoms with Crippen LogP contribution in [0.15, 0.2) is 47.2 Å². The minimum atomic E-state index is -0.0664. The number of aryl methyl sites for hydroxylation is 2. The Bertz CT molecular complexity index is 803. The smallest absolute Gasteiger partial charge is 0.263 e. The van der Waals surface area contributed by atoms with Crippen molar-refractivity contribution in [3.05, 3.63) is 63.9 Å². The van der Waals surface area contributed by atoms with E-state index in [1.165, 1.54) is 5.56 Å². The molecule has 0 unspecified atom stereocenters. The molecule has 2 aromatic carbocycles. The van der Waals surface area contributed by atoms with Crippen LogP contribution in [0.1, 0.15) is 21.5 Å². The highest BCUT2D eigenvalue weighted by atomic mass is 79.9. The van der Waals surface area contributed by atoms with Gasteiger partial charge in [-0.2, -0.15) is 0 Å². The molecule has 0 fully saturated rings. The number of carbonyl (C=O) groups excluding carboxylic acids is 1. The Kier molecular flexibility index (Phi) is 3.18. The van der Waals surface area contributed by atoms with Crippen molar-refractivity contribution in [1.82, 2.24) is 9.55 Å². The second kappa shape index (κ2) is 4.87. The molecule has 4 heteroatoms. The van der Waals surface area contributed by atoms with Crippen molar-refractivity contribution in [2.75, 3.05) is 0 Å². The van der Waals surface area contributed by atoms with Crippen molar-refractivity contribution in [2.45, 2.75) is 13.8 Å². The van der Waals surface area contributed by atoms with Gasteiger partial charge in [0, 0.05) is 10.0 Å². The van der Waals surface area contributed by atoms with Gasteiger partial charge in [0.15, 0.2) is 0 Å². The lowest BCUT2D eigenvalue weighted by atomic mass is 10.1. The van der Waals surface area contributed by atoms with Crippen molar-refractivity contribution in [3.63, 3.8) is 0 Å². The number of rotatable bonds is 1. The van der Waals surface area contributed by atoms with Crippen LogP contribution in [-0.4, -0.2) is 15.5 Å². The van der Waals surface area contributed by atoms with Crippen LogP contribution in [0, 0.1) is 13.8 Å². The molecule has 0 saturated heterocycles. The van der Waals surface area contributed by atoms with Crippen molar-refractivity contribution in [3.8, 4) is 0 Å². The first-order chi connectivity index (χ1) is 9.56. The SMILES string of the molecule is Cc1cc2ncn(C(=O)c3ccc(Br)cc3)c2cc1C. The second-order valence-electron chi connectivity index (χ2n) is 4.85. The molecular formula is C16H13BrN2O. The molecule has 3 nitrogen and oxygen atoms in total. The van der Waals surface area contributed by atoms with Crippen molar-refractivity contribution < 1.29 is 4.79 Å². The summed E-state index contributed by atoms with van der Waals surface area (Å²) in [5.74, 6) is -0.0664. The number of fused-ring (bicyclic) bond motifs is 1. The van der Waals surface area contributed by atoms with Crippen LogP contribution in [0.3, 0.4) is 0 Å². The van der Waals surface area contributed by atoms with E-state index in [0.29, 0.717) is 5.56 Å². The number of imidazole rings is 1. The van der Waals surface area contributed by atoms with Crippen LogP contribution in [0.5, 0.6) is 0 Å². The molecule has 0 amide bonds. The van der Waals surface area contributed by atoms with Gasteiger partial charge in [0.25, 0.3) is 5.91 Å².